The lowest BCUT2D eigenvalue weighted by Gasteiger charge is -2.48. The summed E-state index contributed by atoms with van der Waals surface area (Å²) in [6.07, 6.45) is 2.32. The third-order valence-corrected chi connectivity index (χ3v) is 19.8. The molecule has 5 aliphatic rings. The number of hydrogen-bond donors (Lipinski definition) is 0. The SMILES string of the molecule is CC(C)(C)c1ccc2c(c1)N(c1ccc(-c3cccc4c3C(C)(C)c3ccccc3-4)cc1)c1cc(C(C)(C)C)cc3c1B2c1cc2c(cc1N3c1ccc(-c3cccc4c3C(C)(C)c3ccccc3-4)cc1)C(C)(C)CCC2(C)C. The zero-order valence-electron chi connectivity index (χ0n) is 49.1. The van der Waals surface area contributed by atoms with Crippen molar-refractivity contribution < 1.29 is 0 Å². The van der Waals surface area contributed by atoms with E-state index in [1.807, 2.05) is 0 Å². The van der Waals surface area contributed by atoms with Gasteiger partial charge in [-0.25, -0.2) is 0 Å². The van der Waals surface area contributed by atoms with Gasteiger partial charge in [0.15, 0.2) is 0 Å². The third-order valence-electron chi connectivity index (χ3n) is 19.8. The summed E-state index contributed by atoms with van der Waals surface area (Å²) in [7, 11) is 0. The molecule has 0 saturated carbocycles. The van der Waals surface area contributed by atoms with Crippen molar-refractivity contribution >= 4 is 57.2 Å². The van der Waals surface area contributed by atoms with Gasteiger partial charge in [0.2, 0.25) is 0 Å². The number of rotatable bonds is 4. The van der Waals surface area contributed by atoms with Crippen LogP contribution in [0.2, 0.25) is 0 Å². The van der Waals surface area contributed by atoms with Gasteiger partial charge in [-0.15, -0.1) is 0 Å². The van der Waals surface area contributed by atoms with Gasteiger partial charge in [-0.05, 0) is 188 Å². The van der Waals surface area contributed by atoms with Crippen LogP contribution in [0, 0.1) is 0 Å². The summed E-state index contributed by atoms with van der Waals surface area (Å²) in [4.78, 5) is 5.31. The maximum absolute atomic E-state index is 2.68. The molecule has 0 saturated heterocycles. The lowest BCUT2D eigenvalue weighted by atomic mass is 9.33. The standard InChI is InChI=1S/C76H75BN2/c1-71(2,3)48-33-38-62-64(41-48)78(50-34-29-46(30-35-50)52-23-19-25-56-54-21-15-17-27-58(54)75(11,12)68(52)56)66-42-49(72(4,5)6)43-67-70(66)77(62)63-44-60-61(74(9,10)40-39-73(60,7)8)45-65(63)79(67)51-36-31-47(32-37-51)53-24-20-26-57-55-22-16-18-28-59(55)76(13,14)69(53)57/h15-38,41-45H,39-40H2,1-14H3. The zero-order valence-corrected chi connectivity index (χ0v) is 49.1. The summed E-state index contributed by atoms with van der Waals surface area (Å²) >= 11 is 0. The maximum Gasteiger partial charge on any atom is 0.252 e. The number of hydrogen-bond acceptors (Lipinski definition) is 2. The number of anilines is 6. The quantitative estimate of drug-likeness (QED) is 0.162. The van der Waals surface area contributed by atoms with E-state index in [1.54, 1.807) is 0 Å². The molecule has 0 fully saturated rings. The molecule has 0 bridgehead atoms. The highest BCUT2D eigenvalue weighted by Crippen LogP contribution is 2.56. The van der Waals surface area contributed by atoms with E-state index in [2.05, 4.69) is 283 Å². The Hall–Kier alpha value is -7.36. The molecule has 2 aliphatic heterocycles. The molecule has 9 aromatic carbocycles. The van der Waals surface area contributed by atoms with Crippen LogP contribution in [0.4, 0.5) is 34.1 Å². The van der Waals surface area contributed by atoms with Gasteiger partial charge >= 0.3 is 0 Å². The van der Waals surface area contributed by atoms with Crippen LogP contribution >= 0.6 is 0 Å². The van der Waals surface area contributed by atoms with Crippen LogP contribution in [0.25, 0.3) is 44.5 Å². The van der Waals surface area contributed by atoms with Crippen LogP contribution in [-0.2, 0) is 32.5 Å². The molecule has 0 N–H and O–H groups in total. The highest BCUT2D eigenvalue weighted by atomic mass is 15.2. The van der Waals surface area contributed by atoms with E-state index in [-0.39, 0.29) is 39.2 Å². The monoisotopic (exact) mass is 1030 g/mol. The van der Waals surface area contributed by atoms with Gasteiger partial charge in [-0.1, -0.05) is 224 Å². The molecule has 79 heavy (non-hydrogen) atoms. The molecule has 9 aromatic rings. The van der Waals surface area contributed by atoms with Gasteiger partial charge < -0.3 is 9.80 Å². The first-order valence-electron chi connectivity index (χ1n) is 29.2. The third kappa shape index (κ3) is 7.23. The summed E-state index contributed by atoms with van der Waals surface area (Å²) in [5, 5.41) is 0. The minimum absolute atomic E-state index is 0.0155. The Balaban J connectivity index is 0.999. The van der Waals surface area contributed by atoms with Crippen LogP contribution in [0.1, 0.15) is 154 Å². The molecule has 392 valence electrons. The highest BCUT2D eigenvalue weighted by Gasteiger charge is 2.48. The van der Waals surface area contributed by atoms with Crippen LogP contribution in [-0.4, -0.2) is 6.71 Å². The van der Waals surface area contributed by atoms with Gasteiger partial charge in [0.05, 0.1) is 0 Å². The predicted octanol–water partition coefficient (Wildman–Crippen LogP) is 18.7. The number of fused-ring (bicyclic) bond motifs is 11. The summed E-state index contributed by atoms with van der Waals surface area (Å²) in [5.41, 5.74) is 33.1. The molecule has 0 unspecified atom stereocenters. The second-order valence-corrected chi connectivity index (χ2v) is 28.4. The molecule has 0 spiro atoms. The molecule has 0 atom stereocenters. The van der Waals surface area contributed by atoms with E-state index in [9.17, 15) is 0 Å². The Labute approximate surface area is 471 Å². The lowest BCUT2D eigenvalue weighted by molar-refractivity contribution is 0.332. The second kappa shape index (κ2) is 16.6. The lowest BCUT2D eigenvalue weighted by Crippen LogP contribution is -2.62. The molecule has 14 rings (SSSR count). The normalized spacial score (nSPS) is 17.2. The zero-order chi connectivity index (χ0) is 55.1. The molecular weight excluding hydrogens is 952 g/mol. The molecule has 0 amide bonds. The van der Waals surface area contributed by atoms with Crippen molar-refractivity contribution in [3.63, 3.8) is 0 Å². The highest BCUT2D eigenvalue weighted by molar-refractivity contribution is 7.00. The Morgan fingerprint density at radius 2 is 0.759 bits per heavy atom. The van der Waals surface area contributed by atoms with Gasteiger partial charge in [-0.3, -0.25) is 0 Å². The van der Waals surface area contributed by atoms with Crippen molar-refractivity contribution in [3.8, 4) is 44.5 Å². The molecule has 0 radical (unpaired) electrons. The molecule has 3 heteroatoms. The predicted molar refractivity (Wildman–Crippen MR) is 339 cm³/mol. The first kappa shape index (κ1) is 49.9. The fourth-order valence-corrected chi connectivity index (χ4v) is 15.3. The molecular formula is C76H75BN2. The first-order valence-corrected chi connectivity index (χ1v) is 29.2. The fraction of sp³-hybridized carbons (Fsp3) is 0.289. The van der Waals surface area contributed by atoms with Gasteiger partial charge in [0.25, 0.3) is 6.71 Å². The van der Waals surface area contributed by atoms with Crippen molar-refractivity contribution in [1.29, 1.82) is 0 Å². The van der Waals surface area contributed by atoms with Gasteiger partial charge in [0.1, 0.15) is 0 Å². The fourth-order valence-electron chi connectivity index (χ4n) is 15.3. The molecule has 3 aliphatic carbocycles. The average molecular weight is 1030 g/mol. The van der Waals surface area contributed by atoms with Crippen LogP contribution in [0.5, 0.6) is 0 Å². The topological polar surface area (TPSA) is 6.48 Å². The van der Waals surface area contributed by atoms with Crippen molar-refractivity contribution in [2.24, 2.45) is 0 Å². The van der Waals surface area contributed by atoms with E-state index in [0.717, 1.165) is 12.8 Å². The van der Waals surface area contributed by atoms with Crippen molar-refractivity contribution in [2.75, 3.05) is 9.80 Å². The second-order valence-electron chi connectivity index (χ2n) is 28.4. The van der Waals surface area contributed by atoms with E-state index in [0.29, 0.717) is 0 Å². The van der Waals surface area contributed by atoms with Crippen molar-refractivity contribution in [2.45, 2.75) is 142 Å². The summed E-state index contributed by atoms with van der Waals surface area (Å²) in [6.45, 7) is 33.8. The Morgan fingerprint density at radius 1 is 0.354 bits per heavy atom. The van der Waals surface area contributed by atoms with Crippen LogP contribution in [0.15, 0.2) is 176 Å². The van der Waals surface area contributed by atoms with Crippen molar-refractivity contribution in [3.05, 3.63) is 220 Å². The molecule has 2 nitrogen and oxygen atoms in total. The first-order chi connectivity index (χ1) is 37.4. The van der Waals surface area contributed by atoms with Gasteiger partial charge in [-0.2, -0.15) is 0 Å². The number of benzene rings is 9. The smallest absolute Gasteiger partial charge is 0.252 e. The summed E-state index contributed by atoms with van der Waals surface area (Å²) < 4.78 is 0. The summed E-state index contributed by atoms with van der Waals surface area (Å²) in [6, 6.07) is 69.0. The Morgan fingerprint density at radius 3 is 1.23 bits per heavy atom. The van der Waals surface area contributed by atoms with Crippen molar-refractivity contribution in [1.82, 2.24) is 0 Å². The number of nitrogens with zero attached hydrogens (tertiary/aromatic N) is 2. The minimum Gasteiger partial charge on any atom is -0.311 e. The molecule has 2 heterocycles. The van der Waals surface area contributed by atoms with Gasteiger partial charge in [0, 0.05) is 45.0 Å². The Kier molecular flexibility index (Phi) is 10.5. The minimum atomic E-state index is -0.141. The van der Waals surface area contributed by atoms with E-state index >= 15 is 0 Å². The summed E-state index contributed by atoms with van der Waals surface area (Å²) in [5.74, 6) is 0. The maximum atomic E-state index is 2.68. The van der Waals surface area contributed by atoms with Crippen LogP contribution in [0.3, 0.4) is 0 Å². The molecule has 0 aromatic heterocycles. The average Bonchev–Trinajstić information content (AvgIpc) is 3.55. The van der Waals surface area contributed by atoms with Crippen LogP contribution < -0.4 is 26.2 Å². The van der Waals surface area contributed by atoms with E-state index < -0.39 is 0 Å². The van der Waals surface area contributed by atoms with E-state index in [4.69, 9.17) is 0 Å². The van der Waals surface area contributed by atoms with E-state index in [1.165, 1.54) is 140 Å². The largest absolute Gasteiger partial charge is 0.311 e. The Bertz CT molecular complexity index is 4020.